The van der Waals surface area contributed by atoms with Crippen LogP contribution in [0.2, 0.25) is 19.6 Å². The van der Waals surface area contributed by atoms with E-state index in [2.05, 4.69) is 31.8 Å². The van der Waals surface area contributed by atoms with Crippen molar-refractivity contribution in [3.8, 4) is 0 Å². The highest BCUT2D eigenvalue weighted by molar-refractivity contribution is 6.87. The molecule has 3 rings (SSSR count). The second-order valence-corrected chi connectivity index (χ2v) is 11.3. The van der Waals surface area contributed by atoms with E-state index >= 15 is 0 Å². The summed E-state index contributed by atoms with van der Waals surface area (Å²) in [7, 11) is -1.40. The predicted molar refractivity (Wildman–Crippen MR) is 64.2 cm³/mol. The van der Waals surface area contributed by atoms with E-state index in [0.717, 1.165) is 5.92 Å². The molecule has 0 spiro atoms. The maximum atomic E-state index is 12.3. The van der Waals surface area contributed by atoms with Crippen LogP contribution in [-0.4, -0.2) is 13.9 Å². The van der Waals surface area contributed by atoms with Crippen LogP contribution in [0.25, 0.3) is 0 Å². The summed E-state index contributed by atoms with van der Waals surface area (Å²) in [6.45, 7) is 6.86. The summed E-state index contributed by atoms with van der Waals surface area (Å²) in [6, 6.07) is 0. The summed E-state index contributed by atoms with van der Waals surface area (Å²) < 4.78 is 0. The minimum absolute atomic E-state index is 0.283. The van der Waals surface area contributed by atoms with Gasteiger partial charge in [0.1, 0.15) is 0 Å². The van der Waals surface area contributed by atoms with Crippen molar-refractivity contribution in [2.75, 3.05) is 0 Å². The van der Waals surface area contributed by atoms with Gasteiger partial charge in [0, 0.05) is 5.92 Å². The molecular formula is C13H18OSi. The summed E-state index contributed by atoms with van der Waals surface area (Å²) >= 11 is 0. The molecule has 1 saturated carbocycles. The quantitative estimate of drug-likeness (QED) is 0.488. The highest BCUT2D eigenvalue weighted by atomic mass is 28.3. The van der Waals surface area contributed by atoms with Gasteiger partial charge < -0.3 is 0 Å². The van der Waals surface area contributed by atoms with E-state index < -0.39 is 8.07 Å². The van der Waals surface area contributed by atoms with Crippen LogP contribution in [0, 0.1) is 17.8 Å². The summed E-state index contributed by atoms with van der Waals surface area (Å²) in [4.78, 5) is 12.3. The van der Waals surface area contributed by atoms with Crippen molar-refractivity contribution in [3.63, 3.8) is 0 Å². The van der Waals surface area contributed by atoms with Crippen LogP contribution in [0.5, 0.6) is 0 Å². The fourth-order valence-corrected chi connectivity index (χ4v) is 5.06. The van der Waals surface area contributed by atoms with E-state index in [4.69, 9.17) is 0 Å². The molecule has 3 atom stereocenters. The van der Waals surface area contributed by atoms with Crippen LogP contribution in [0.4, 0.5) is 0 Å². The Balaban J connectivity index is 2.02. The van der Waals surface area contributed by atoms with Crippen molar-refractivity contribution >= 4 is 13.9 Å². The second-order valence-electron chi connectivity index (χ2n) is 6.23. The SMILES string of the molecule is C[Si](C)(C)C1=C[C@H]2[C@@H]3CC=C(C3)[C@H]2C1=O. The van der Waals surface area contributed by atoms with Gasteiger partial charge in [-0.2, -0.15) is 0 Å². The van der Waals surface area contributed by atoms with Crippen LogP contribution in [0.15, 0.2) is 22.9 Å². The number of hydrogen-bond acceptors (Lipinski definition) is 1. The molecule has 80 valence electrons. The first-order valence-electron chi connectivity index (χ1n) is 5.94. The van der Waals surface area contributed by atoms with Crippen molar-refractivity contribution < 1.29 is 4.79 Å². The highest BCUT2D eigenvalue weighted by Gasteiger charge is 2.51. The Morgan fingerprint density at radius 2 is 2.07 bits per heavy atom. The third-order valence-electron chi connectivity index (χ3n) is 4.22. The molecule has 3 aliphatic rings. The van der Waals surface area contributed by atoms with Gasteiger partial charge in [-0.25, -0.2) is 0 Å². The highest BCUT2D eigenvalue weighted by Crippen LogP contribution is 2.54. The van der Waals surface area contributed by atoms with Crippen molar-refractivity contribution in [2.24, 2.45) is 17.8 Å². The molecule has 0 aromatic heterocycles. The standard InChI is InChI=1S/C13H18OSi/c1-15(2,3)11-7-10-8-4-5-9(6-8)12(10)13(11)14/h5,7-8,10,12H,4,6H2,1-3H3/t8-,10+,12-/m1/s1. The van der Waals surface area contributed by atoms with E-state index in [1.807, 2.05) is 0 Å². The smallest absolute Gasteiger partial charge is 0.162 e. The molecule has 0 unspecified atom stereocenters. The Morgan fingerprint density at radius 3 is 2.67 bits per heavy atom. The van der Waals surface area contributed by atoms with Gasteiger partial charge in [0.25, 0.3) is 0 Å². The summed E-state index contributed by atoms with van der Waals surface area (Å²) in [5.74, 6) is 2.11. The van der Waals surface area contributed by atoms with Crippen LogP contribution >= 0.6 is 0 Å². The number of rotatable bonds is 1. The largest absolute Gasteiger partial charge is 0.294 e. The molecule has 1 fully saturated rings. The molecular weight excluding hydrogens is 200 g/mol. The first-order chi connectivity index (χ1) is 6.98. The van der Waals surface area contributed by atoms with Gasteiger partial charge in [0.2, 0.25) is 0 Å². The lowest BCUT2D eigenvalue weighted by atomic mass is 9.86. The fourth-order valence-electron chi connectivity index (χ4n) is 3.48. The maximum absolute atomic E-state index is 12.3. The molecule has 0 aromatic rings. The van der Waals surface area contributed by atoms with Gasteiger partial charge in [-0.3, -0.25) is 4.79 Å². The van der Waals surface area contributed by atoms with Gasteiger partial charge in [0.15, 0.2) is 5.78 Å². The predicted octanol–water partition coefficient (Wildman–Crippen LogP) is 2.96. The molecule has 0 heterocycles. The molecule has 2 heteroatoms. The Morgan fingerprint density at radius 1 is 1.33 bits per heavy atom. The number of allylic oxidation sites excluding steroid dienone is 4. The molecule has 0 N–H and O–H groups in total. The topological polar surface area (TPSA) is 17.1 Å². The third-order valence-corrected chi connectivity index (χ3v) is 6.25. The van der Waals surface area contributed by atoms with E-state index in [-0.39, 0.29) is 5.92 Å². The number of carbonyl (C=O) groups excluding carboxylic acids is 1. The van der Waals surface area contributed by atoms with E-state index in [9.17, 15) is 4.79 Å². The van der Waals surface area contributed by atoms with E-state index in [0.29, 0.717) is 11.7 Å². The van der Waals surface area contributed by atoms with Crippen molar-refractivity contribution in [3.05, 3.63) is 22.9 Å². The van der Waals surface area contributed by atoms with E-state index in [1.54, 1.807) is 0 Å². The number of ketones is 1. The minimum Gasteiger partial charge on any atom is -0.294 e. The van der Waals surface area contributed by atoms with Gasteiger partial charge in [-0.1, -0.05) is 37.4 Å². The number of hydrogen-bond donors (Lipinski definition) is 0. The first kappa shape index (κ1) is 9.58. The van der Waals surface area contributed by atoms with E-state index in [1.165, 1.54) is 23.6 Å². The Hall–Kier alpha value is -0.633. The summed E-state index contributed by atoms with van der Waals surface area (Å²) in [5, 5.41) is 1.22. The lowest BCUT2D eigenvalue weighted by Gasteiger charge is -2.19. The molecule has 0 saturated heterocycles. The molecule has 2 bridgehead atoms. The normalized spacial score (nSPS) is 38.1. The number of fused-ring (bicyclic) bond motifs is 5. The van der Waals surface area contributed by atoms with Crippen LogP contribution in [-0.2, 0) is 4.79 Å². The average Bonchev–Trinajstić information content (AvgIpc) is 2.73. The van der Waals surface area contributed by atoms with Crippen LogP contribution in [0.1, 0.15) is 12.8 Å². The number of carbonyl (C=O) groups is 1. The summed E-state index contributed by atoms with van der Waals surface area (Å²) in [6.07, 6.45) is 7.10. The van der Waals surface area contributed by atoms with Crippen molar-refractivity contribution in [2.45, 2.75) is 32.5 Å². The molecule has 0 aromatic carbocycles. The molecule has 1 nitrogen and oxygen atoms in total. The lowest BCUT2D eigenvalue weighted by Crippen LogP contribution is -2.30. The minimum atomic E-state index is -1.40. The zero-order valence-electron chi connectivity index (χ0n) is 9.71. The van der Waals surface area contributed by atoms with Gasteiger partial charge in [0.05, 0.1) is 8.07 Å². The van der Waals surface area contributed by atoms with Gasteiger partial charge in [-0.05, 0) is 29.9 Å². The molecule has 0 amide bonds. The molecule has 15 heavy (non-hydrogen) atoms. The zero-order chi connectivity index (χ0) is 10.8. The van der Waals surface area contributed by atoms with Crippen molar-refractivity contribution in [1.29, 1.82) is 0 Å². The van der Waals surface area contributed by atoms with Gasteiger partial charge >= 0.3 is 0 Å². The fraction of sp³-hybridized carbons (Fsp3) is 0.615. The molecule has 0 aliphatic heterocycles. The maximum Gasteiger partial charge on any atom is 0.162 e. The lowest BCUT2D eigenvalue weighted by molar-refractivity contribution is -0.117. The number of Topliss-reactive ketones (excluding diaryl/α,β-unsaturated/α-hetero) is 1. The van der Waals surface area contributed by atoms with Gasteiger partial charge in [-0.15, -0.1) is 0 Å². The second kappa shape index (κ2) is 2.73. The molecule has 0 radical (unpaired) electrons. The first-order valence-corrected chi connectivity index (χ1v) is 9.44. The molecule has 3 aliphatic carbocycles. The zero-order valence-corrected chi connectivity index (χ0v) is 10.7. The average molecular weight is 218 g/mol. The Labute approximate surface area is 92.3 Å². The van der Waals surface area contributed by atoms with Crippen LogP contribution in [0.3, 0.4) is 0 Å². The van der Waals surface area contributed by atoms with Crippen LogP contribution < -0.4 is 0 Å². The summed E-state index contributed by atoms with van der Waals surface area (Å²) in [5.41, 5.74) is 1.46. The Bertz CT molecular complexity index is 397. The monoisotopic (exact) mass is 218 g/mol. The Kier molecular flexibility index (Phi) is 1.74. The third kappa shape index (κ3) is 1.17. The van der Waals surface area contributed by atoms with Crippen molar-refractivity contribution in [1.82, 2.24) is 0 Å².